The fourth-order valence-corrected chi connectivity index (χ4v) is 3.99. The van der Waals surface area contributed by atoms with Gasteiger partial charge in [0.1, 0.15) is 0 Å². The van der Waals surface area contributed by atoms with E-state index >= 15 is 0 Å². The van der Waals surface area contributed by atoms with Crippen LogP contribution in [0.15, 0.2) is 29.2 Å². The van der Waals surface area contributed by atoms with E-state index in [0.717, 1.165) is 5.56 Å². The van der Waals surface area contributed by atoms with Crippen LogP contribution in [0.4, 0.5) is 0 Å². The number of likely N-dealkylation sites (N-methyl/N-ethyl adjacent to an activating group) is 1. The van der Waals surface area contributed by atoms with Crippen molar-refractivity contribution in [1.82, 2.24) is 5.32 Å². The van der Waals surface area contributed by atoms with E-state index < -0.39 is 9.84 Å². The summed E-state index contributed by atoms with van der Waals surface area (Å²) in [4.78, 5) is 0.522. The predicted molar refractivity (Wildman–Crippen MR) is 64.4 cm³/mol. The minimum absolute atomic E-state index is 0.265. The number of hydrogen-bond donors (Lipinski definition) is 1. The van der Waals surface area contributed by atoms with Gasteiger partial charge in [-0.2, -0.15) is 0 Å². The van der Waals surface area contributed by atoms with Crippen LogP contribution in [-0.4, -0.2) is 27.3 Å². The third kappa shape index (κ3) is 1.87. The van der Waals surface area contributed by atoms with Gasteiger partial charge in [0, 0.05) is 12.0 Å². The Morgan fingerprint density at radius 2 is 2.06 bits per heavy atom. The molecule has 0 saturated carbocycles. The average Bonchev–Trinajstić information content (AvgIpc) is 2.28. The molecule has 2 atom stereocenters. The van der Waals surface area contributed by atoms with Crippen molar-refractivity contribution in [1.29, 1.82) is 0 Å². The molecule has 0 amide bonds. The molecule has 1 aliphatic rings. The molecule has 0 radical (unpaired) electrons. The number of rotatable bonds is 2. The van der Waals surface area contributed by atoms with Gasteiger partial charge in [-0.3, -0.25) is 0 Å². The summed E-state index contributed by atoms with van der Waals surface area (Å²) in [5, 5.41) is 3.21. The highest BCUT2D eigenvalue weighted by molar-refractivity contribution is 7.91. The first-order valence-electron chi connectivity index (χ1n) is 5.55. The Morgan fingerprint density at radius 3 is 2.75 bits per heavy atom. The quantitative estimate of drug-likeness (QED) is 0.852. The second-order valence-electron chi connectivity index (χ2n) is 4.33. The molecule has 4 heteroatoms. The van der Waals surface area contributed by atoms with Crippen LogP contribution in [0.25, 0.3) is 0 Å². The van der Waals surface area contributed by atoms with Crippen LogP contribution < -0.4 is 5.32 Å². The van der Waals surface area contributed by atoms with Crippen LogP contribution in [0.5, 0.6) is 0 Å². The lowest BCUT2D eigenvalue weighted by Crippen LogP contribution is -2.33. The minimum atomic E-state index is -3.04. The van der Waals surface area contributed by atoms with Gasteiger partial charge in [0.2, 0.25) is 0 Å². The maximum Gasteiger partial charge on any atom is 0.178 e. The second kappa shape index (κ2) is 4.18. The average molecular weight is 239 g/mol. The maximum atomic E-state index is 11.9. The molecule has 0 aliphatic carbocycles. The summed E-state index contributed by atoms with van der Waals surface area (Å²) in [7, 11) is -1.13. The zero-order valence-corrected chi connectivity index (χ0v) is 10.4. The molecule has 1 aromatic rings. The molecule has 88 valence electrons. The summed E-state index contributed by atoms with van der Waals surface area (Å²) >= 11 is 0. The van der Waals surface area contributed by atoms with Gasteiger partial charge in [-0.15, -0.1) is 0 Å². The fourth-order valence-electron chi connectivity index (χ4n) is 2.34. The smallest absolute Gasteiger partial charge is 0.178 e. The summed E-state index contributed by atoms with van der Waals surface area (Å²) < 4.78 is 23.8. The van der Waals surface area contributed by atoms with Crippen LogP contribution in [-0.2, 0) is 9.84 Å². The van der Waals surface area contributed by atoms with E-state index in [1.807, 2.05) is 19.2 Å². The van der Waals surface area contributed by atoms with Crippen LogP contribution in [0.3, 0.4) is 0 Å². The number of benzene rings is 1. The molecule has 1 aromatic carbocycles. The highest BCUT2D eigenvalue weighted by Crippen LogP contribution is 2.35. The van der Waals surface area contributed by atoms with Gasteiger partial charge in [-0.25, -0.2) is 8.42 Å². The molecule has 0 spiro atoms. The first kappa shape index (κ1) is 11.6. The van der Waals surface area contributed by atoms with Gasteiger partial charge >= 0.3 is 0 Å². The topological polar surface area (TPSA) is 46.2 Å². The van der Waals surface area contributed by atoms with Crippen molar-refractivity contribution in [2.24, 2.45) is 0 Å². The molecule has 1 aliphatic heterocycles. The van der Waals surface area contributed by atoms with Gasteiger partial charge < -0.3 is 5.32 Å². The standard InChI is InChI=1S/C12H17NO2S/c1-9(13-2)10-7-8-16(14,15)12-6-4-3-5-11(10)12/h3-6,9-10,13H,7-8H2,1-2H3. The van der Waals surface area contributed by atoms with Crippen LogP contribution >= 0.6 is 0 Å². The Balaban J connectivity index is 2.51. The monoisotopic (exact) mass is 239 g/mol. The highest BCUT2D eigenvalue weighted by Gasteiger charge is 2.32. The molecule has 0 aromatic heterocycles. The lowest BCUT2D eigenvalue weighted by molar-refractivity contribution is 0.465. The van der Waals surface area contributed by atoms with Gasteiger partial charge in [0.25, 0.3) is 0 Å². The third-order valence-electron chi connectivity index (χ3n) is 3.41. The molecule has 16 heavy (non-hydrogen) atoms. The number of fused-ring (bicyclic) bond motifs is 1. The highest BCUT2D eigenvalue weighted by atomic mass is 32.2. The normalized spacial score (nSPS) is 24.8. The molecule has 0 saturated heterocycles. The third-order valence-corrected chi connectivity index (χ3v) is 5.23. The molecule has 0 fully saturated rings. The summed E-state index contributed by atoms with van der Waals surface area (Å²) in [5.41, 5.74) is 0.968. The molecule has 3 nitrogen and oxygen atoms in total. The zero-order chi connectivity index (χ0) is 11.8. The van der Waals surface area contributed by atoms with E-state index in [1.165, 1.54) is 0 Å². The van der Waals surface area contributed by atoms with E-state index in [-0.39, 0.29) is 5.75 Å². The molecule has 2 unspecified atom stereocenters. The first-order chi connectivity index (χ1) is 7.56. The summed E-state index contributed by atoms with van der Waals surface area (Å²) in [6.45, 7) is 2.10. The van der Waals surface area contributed by atoms with Crippen molar-refractivity contribution in [2.45, 2.75) is 30.2 Å². The van der Waals surface area contributed by atoms with Crippen molar-refractivity contribution in [3.8, 4) is 0 Å². The lowest BCUT2D eigenvalue weighted by Gasteiger charge is -2.29. The van der Waals surface area contributed by atoms with Crippen molar-refractivity contribution >= 4 is 9.84 Å². The van der Waals surface area contributed by atoms with Crippen molar-refractivity contribution in [3.63, 3.8) is 0 Å². The van der Waals surface area contributed by atoms with Crippen LogP contribution in [0, 0.1) is 0 Å². The van der Waals surface area contributed by atoms with Crippen molar-refractivity contribution in [2.75, 3.05) is 12.8 Å². The van der Waals surface area contributed by atoms with Crippen LogP contribution in [0.2, 0.25) is 0 Å². The first-order valence-corrected chi connectivity index (χ1v) is 7.20. The van der Waals surface area contributed by atoms with Gasteiger partial charge in [-0.05, 0) is 32.0 Å². The van der Waals surface area contributed by atoms with Crippen LogP contribution in [0.1, 0.15) is 24.8 Å². The summed E-state index contributed by atoms with van der Waals surface area (Å²) in [6, 6.07) is 7.67. The van der Waals surface area contributed by atoms with E-state index in [0.29, 0.717) is 23.3 Å². The Labute approximate surface area is 96.8 Å². The summed E-state index contributed by atoms with van der Waals surface area (Å²) in [5.74, 6) is 0.561. The van der Waals surface area contributed by atoms with Crippen molar-refractivity contribution < 1.29 is 8.42 Å². The molecule has 2 rings (SSSR count). The molecule has 0 bridgehead atoms. The molecule has 1 N–H and O–H groups in total. The van der Waals surface area contributed by atoms with Crippen molar-refractivity contribution in [3.05, 3.63) is 29.8 Å². The van der Waals surface area contributed by atoms with Gasteiger partial charge in [-0.1, -0.05) is 18.2 Å². The summed E-state index contributed by atoms with van der Waals surface area (Å²) in [6.07, 6.45) is 0.710. The minimum Gasteiger partial charge on any atom is -0.317 e. The predicted octanol–water partition coefficient (Wildman–Crippen LogP) is 1.56. The Morgan fingerprint density at radius 1 is 1.38 bits per heavy atom. The number of nitrogens with one attached hydrogen (secondary N) is 1. The number of sulfone groups is 1. The van der Waals surface area contributed by atoms with E-state index in [1.54, 1.807) is 12.1 Å². The Hall–Kier alpha value is -0.870. The van der Waals surface area contributed by atoms with E-state index in [2.05, 4.69) is 12.2 Å². The zero-order valence-electron chi connectivity index (χ0n) is 9.60. The van der Waals surface area contributed by atoms with Gasteiger partial charge in [0.05, 0.1) is 10.6 Å². The molecular weight excluding hydrogens is 222 g/mol. The molecular formula is C12H17NO2S. The van der Waals surface area contributed by atoms with E-state index in [9.17, 15) is 8.42 Å². The van der Waals surface area contributed by atoms with E-state index in [4.69, 9.17) is 0 Å². The van der Waals surface area contributed by atoms with Gasteiger partial charge in [0.15, 0.2) is 9.84 Å². The maximum absolute atomic E-state index is 11.9. The largest absolute Gasteiger partial charge is 0.317 e. The fraction of sp³-hybridized carbons (Fsp3) is 0.500. The Bertz CT molecular complexity index is 482. The number of hydrogen-bond acceptors (Lipinski definition) is 3. The second-order valence-corrected chi connectivity index (χ2v) is 6.41. The lowest BCUT2D eigenvalue weighted by atomic mass is 9.90. The SMILES string of the molecule is CNC(C)C1CCS(=O)(=O)c2ccccc21. The molecule has 1 heterocycles. The Kier molecular flexibility index (Phi) is 3.04.